The van der Waals surface area contributed by atoms with E-state index in [9.17, 15) is 0 Å². The highest BCUT2D eigenvalue weighted by molar-refractivity contribution is 9.10. The van der Waals surface area contributed by atoms with Gasteiger partial charge in [-0.1, -0.05) is 43.2 Å². The van der Waals surface area contributed by atoms with E-state index in [0.717, 1.165) is 22.6 Å². The molecule has 1 aromatic rings. The van der Waals surface area contributed by atoms with Crippen molar-refractivity contribution in [1.82, 2.24) is 5.32 Å². The van der Waals surface area contributed by atoms with Crippen molar-refractivity contribution in [3.05, 3.63) is 38.8 Å². The van der Waals surface area contributed by atoms with E-state index in [1.165, 1.54) is 11.1 Å². The zero-order valence-corrected chi connectivity index (χ0v) is 12.9. The molecule has 0 aliphatic carbocycles. The largest absolute Gasteiger partial charge is 0.313 e. The summed E-state index contributed by atoms with van der Waals surface area (Å²) in [7, 11) is 0. The third-order valence-electron chi connectivity index (χ3n) is 2.31. The molecule has 1 rings (SSSR count). The molecule has 0 atom stereocenters. The van der Waals surface area contributed by atoms with Gasteiger partial charge in [0.2, 0.25) is 0 Å². The van der Waals surface area contributed by atoms with Crippen LogP contribution in [0.25, 0.3) is 6.08 Å². The lowest BCUT2D eigenvalue weighted by Gasteiger charge is -2.07. The van der Waals surface area contributed by atoms with Gasteiger partial charge in [0.1, 0.15) is 0 Å². The van der Waals surface area contributed by atoms with Gasteiger partial charge in [0.05, 0.1) is 5.02 Å². The summed E-state index contributed by atoms with van der Waals surface area (Å²) in [5.74, 6) is 0.687. The smallest absolute Gasteiger partial charge is 0.0548 e. The van der Waals surface area contributed by atoms with Crippen LogP contribution < -0.4 is 5.32 Å². The van der Waals surface area contributed by atoms with Crippen molar-refractivity contribution in [3.63, 3.8) is 0 Å². The standard InChI is InChI=1S/C14H19BrClN/c1-10(2)8-17-9-11(3)6-12-4-5-14(16)13(15)7-12/h4-7,10,17H,8-9H2,1-3H3/b11-6+. The van der Waals surface area contributed by atoms with Crippen LogP contribution in [0.5, 0.6) is 0 Å². The molecule has 0 unspecified atom stereocenters. The Hall–Kier alpha value is -0.310. The molecular formula is C14H19BrClN. The number of hydrogen-bond donors (Lipinski definition) is 1. The van der Waals surface area contributed by atoms with Crippen molar-refractivity contribution in [2.45, 2.75) is 20.8 Å². The predicted octanol–water partition coefficient (Wildman–Crippen LogP) is 4.75. The second kappa shape index (κ2) is 7.20. The fourth-order valence-electron chi connectivity index (χ4n) is 1.50. The summed E-state index contributed by atoms with van der Waals surface area (Å²) in [5, 5.41) is 4.17. The molecule has 0 aliphatic heterocycles. The minimum absolute atomic E-state index is 0.687. The molecule has 0 aromatic heterocycles. The molecule has 1 aromatic carbocycles. The Balaban J connectivity index is 2.58. The number of halogens is 2. The Morgan fingerprint density at radius 3 is 2.76 bits per heavy atom. The number of benzene rings is 1. The normalized spacial score (nSPS) is 12.2. The minimum atomic E-state index is 0.687. The van der Waals surface area contributed by atoms with Crippen molar-refractivity contribution < 1.29 is 0 Å². The summed E-state index contributed by atoms with van der Waals surface area (Å²) in [5.41, 5.74) is 2.49. The fourth-order valence-corrected chi connectivity index (χ4v) is 2.01. The Kier molecular flexibility index (Phi) is 6.24. The van der Waals surface area contributed by atoms with Gasteiger partial charge in [-0.2, -0.15) is 0 Å². The SMILES string of the molecule is C/C(=C\c1ccc(Cl)c(Br)c1)CNCC(C)C. The van der Waals surface area contributed by atoms with E-state index in [1.807, 2.05) is 18.2 Å². The van der Waals surface area contributed by atoms with Crippen LogP contribution in [-0.2, 0) is 0 Å². The monoisotopic (exact) mass is 315 g/mol. The van der Waals surface area contributed by atoms with Crippen molar-refractivity contribution in [3.8, 4) is 0 Å². The lowest BCUT2D eigenvalue weighted by atomic mass is 10.1. The summed E-state index contributed by atoms with van der Waals surface area (Å²) in [4.78, 5) is 0. The first kappa shape index (κ1) is 14.7. The van der Waals surface area contributed by atoms with E-state index in [2.05, 4.69) is 48.1 Å². The molecule has 0 saturated carbocycles. The maximum atomic E-state index is 5.96. The average molecular weight is 317 g/mol. The van der Waals surface area contributed by atoms with Crippen molar-refractivity contribution >= 4 is 33.6 Å². The maximum absolute atomic E-state index is 5.96. The summed E-state index contributed by atoms with van der Waals surface area (Å²) in [6.07, 6.45) is 2.18. The zero-order chi connectivity index (χ0) is 12.8. The van der Waals surface area contributed by atoms with Crippen molar-refractivity contribution in [2.24, 2.45) is 5.92 Å². The first-order chi connectivity index (χ1) is 7.99. The molecule has 0 bridgehead atoms. The van der Waals surface area contributed by atoms with Crippen LogP contribution in [0.2, 0.25) is 5.02 Å². The molecule has 0 aliphatic rings. The average Bonchev–Trinajstić information content (AvgIpc) is 2.23. The fraction of sp³-hybridized carbons (Fsp3) is 0.429. The number of rotatable bonds is 5. The van der Waals surface area contributed by atoms with Crippen molar-refractivity contribution in [1.29, 1.82) is 0 Å². The first-order valence-corrected chi connectivity index (χ1v) is 6.99. The van der Waals surface area contributed by atoms with Gasteiger partial charge in [-0.3, -0.25) is 0 Å². The molecule has 0 amide bonds. The highest BCUT2D eigenvalue weighted by atomic mass is 79.9. The van der Waals surface area contributed by atoms with E-state index in [0.29, 0.717) is 5.92 Å². The van der Waals surface area contributed by atoms with Gasteiger partial charge < -0.3 is 5.32 Å². The van der Waals surface area contributed by atoms with E-state index in [-0.39, 0.29) is 0 Å². The molecule has 0 saturated heterocycles. The first-order valence-electron chi connectivity index (χ1n) is 5.82. The minimum Gasteiger partial charge on any atom is -0.313 e. The highest BCUT2D eigenvalue weighted by Crippen LogP contribution is 2.24. The van der Waals surface area contributed by atoms with Gasteiger partial charge in [-0.15, -0.1) is 0 Å². The summed E-state index contributed by atoms with van der Waals surface area (Å²) < 4.78 is 0.941. The predicted molar refractivity (Wildman–Crippen MR) is 80.5 cm³/mol. The third-order valence-corrected chi connectivity index (χ3v) is 3.53. The summed E-state index contributed by atoms with van der Waals surface area (Å²) in [6.45, 7) is 8.54. The highest BCUT2D eigenvalue weighted by Gasteiger charge is 1.98. The van der Waals surface area contributed by atoms with Gasteiger partial charge in [-0.05, 0) is 53.0 Å². The van der Waals surface area contributed by atoms with Gasteiger partial charge >= 0.3 is 0 Å². The molecule has 17 heavy (non-hydrogen) atoms. The molecule has 0 heterocycles. The Morgan fingerprint density at radius 1 is 1.47 bits per heavy atom. The molecule has 94 valence electrons. The second-order valence-electron chi connectivity index (χ2n) is 4.69. The topological polar surface area (TPSA) is 12.0 Å². The van der Waals surface area contributed by atoms with Crippen LogP contribution in [0.1, 0.15) is 26.3 Å². The molecule has 0 spiro atoms. The number of nitrogens with one attached hydrogen (secondary N) is 1. The Morgan fingerprint density at radius 2 is 2.18 bits per heavy atom. The molecule has 3 heteroatoms. The van der Waals surface area contributed by atoms with E-state index in [1.54, 1.807) is 0 Å². The van der Waals surface area contributed by atoms with Gasteiger partial charge in [0.15, 0.2) is 0 Å². The molecule has 1 N–H and O–H groups in total. The third kappa shape index (κ3) is 5.71. The lowest BCUT2D eigenvalue weighted by molar-refractivity contribution is 0.572. The van der Waals surface area contributed by atoms with Crippen LogP contribution in [0.4, 0.5) is 0 Å². The van der Waals surface area contributed by atoms with Gasteiger partial charge in [0, 0.05) is 11.0 Å². The van der Waals surface area contributed by atoms with Crippen LogP contribution in [0, 0.1) is 5.92 Å². The van der Waals surface area contributed by atoms with E-state index >= 15 is 0 Å². The van der Waals surface area contributed by atoms with Crippen LogP contribution >= 0.6 is 27.5 Å². The summed E-state index contributed by atoms with van der Waals surface area (Å²) >= 11 is 9.39. The van der Waals surface area contributed by atoms with Gasteiger partial charge in [0.25, 0.3) is 0 Å². The zero-order valence-electron chi connectivity index (χ0n) is 10.6. The van der Waals surface area contributed by atoms with Gasteiger partial charge in [-0.25, -0.2) is 0 Å². The van der Waals surface area contributed by atoms with Crippen LogP contribution in [0.3, 0.4) is 0 Å². The van der Waals surface area contributed by atoms with Crippen molar-refractivity contribution in [2.75, 3.05) is 13.1 Å². The molecular weight excluding hydrogens is 298 g/mol. The molecule has 0 fully saturated rings. The Labute approximate surface area is 117 Å². The Bertz CT molecular complexity index is 399. The molecule has 0 radical (unpaired) electrons. The van der Waals surface area contributed by atoms with Crippen LogP contribution in [0.15, 0.2) is 28.2 Å². The second-order valence-corrected chi connectivity index (χ2v) is 5.95. The summed E-state index contributed by atoms with van der Waals surface area (Å²) in [6, 6.07) is 5.97. The van der Waals surface area contributed by atoms with E-state index < -0.39 is 0 Å². The van der Waals surface area contributed by atoms with E-state index in [4.69, 9.17) is 11.6 Å². The number of hydrogen-bond acceptors (Lipinski definition) is 1. The maximum Gasteiger partial charge on any atom is 0.0548 e. The molecule has 1 nitrogen and oxygen atoms in total. The van der Waals surface area contributed by atoms with Crippen LogP contribution in [-0.4, -0.2) is 13.1 Å². The lowest BCUT2D eigenvalue weighted by Crippen LogP contribution is -2.21. The quantitative estimate of drug-likeness (QED) is 0.826.